The first-order chi connectivity index (χ1) is 17.6. The quantitative estimate of drug-likeness (QED) is 0.319. The summed E-state index contributed by atoms with van der Waals surface area (Å²) >= 11 is 12.3. The lowest BCUT2D eigenvalue weighted by Crippen LogP contribution is -2.47. The molecule has 0 radical (unpaired) electrons. The van der Waals surface area contributed by atoms with Gasteiger partial charge in [-0.1, -0.05) is 54.8 Å². The van der Waals surface area contributed by atoms with E-state index in [0.717, 1.165) is 13.3 Å². The van der Waals surface area contributed by atoms with Gasteiger partial charge in [0.1, 0.15) is 5.60 Å². The molecule has 0 saturated heterocycles. The maximum absolute atomic E-state index is 13.8. The van der Waals surface area contributed by atoms with Crippen LogP contribution in [0.15, 0.2) is 41.5 Å². The van der Waals surface area contributed by atoms with Crippen LogP contribution in [0.3, 0.4) is 0 Å². The van der Waals surface area contributed by atoms with Crippen LogP contribution >= 0.6 is 23.2 Å². The fraction of sp³-hybridized carbons (Fsp3) is 0.571. The van der Waals surface area contributed by atoms with E-state index in [4.69, 9.17) is 32.7 Å². The monoisotopic (exact) mass is 575 g/mol. The van der Waals surface area contributed by atoms with Crippen molar-refractivity contribution < 1.29 is 32.2 Å². The first-order valence-electron chi connectivity index (χ1n) is 12.6. The topological polar surface area (TPSA) is 64.6 Å². The van der Waals surface area contributed by atoms with Gasteiger partial charge in [-0.25, -0.2) is 0 Å². The average Bonchev–Trinajstić information content (AvgIpc) is 2.77. The number of nitrogens with one attached hydrogen (secondary N) is 1. The Labute approximate surface area is 231 Å². The molecule has 1 aromatic carbocycles. The number of anilines is 1. The predicted molar refractivity (Wildman–Crippen MR) is 142 cm³/mol. The van der Waals surface area contributed by atoms with E-state index in [9.17, 15) is 22.8 Å². The highest BCUT2D eigenvalue weighted by Crippen LogP contribution is 2.53. The van der Waals surface area contributed by atoms with Gasteiger partial charge in [-0.3, -0.25) is 9.59 Å². The zero-order valence-corrected chi connectivity index (χ0v) is 23.6. The zero-order valence-electron chi connectivity index (χ0n) is 22.1. The second kappa shape index (κ2) is 11.6. The largest absolute Gasteiger partial charge is 0.459 e. The van der Waals surface area contributed by atoms with Crippen LogP contribution in [0.4, 0.5) is 18.9 Å². The van der Waals surface area contributed by atoms with Crippen LogP contribution in [0.1, 0.15) is 65.0 Å². The van der Waals surface area contributed by atoms with Crippen molar-refractivity contribution in [3.05, 3.63) is 52.0 Å². The molecule has 3 rings (SSSR count). The number of esters is 1. The molecule has 4 atom stereocenters. The first-order valence-corrected chi connectivity index (χ1v) is 13.3. The molecule has 38 heavy (non-hydrogen) atoms. The van der Waals surface area contributed by atoms with Crippen LogP contribution in [-0.2, 0) is 19.1 Å². The van der Waals surface area contributed by atoms with Crippen LogP contribution < -0.4 is 5.32 Å². The Morgan fingerprint density at radius 1 is 1.16 bits per heavy atom. The maximum Gasteiger partial charge on any atom is 0.392 e. The van der Waals surface area contributed by atoms with Crippen molar-refractivity contribution in [1.29, 1.82) is 0 Å². The van der Waals surface area contributed by atoms with Gasteiger partial charge in [0.25, 0.3) is 0 Å². The molecule has 0 aliphatic heterocycles. The number of carbonyl (C=O) groups is 2. The standard InChI is InChI=1S/C28H34Cl2F3NO4/c1-16(28(31,32)33)22(17-7-10-19(29)11-8-17)24(35)34-21-15-18(9-12-20(21)30)23(37-5)27(13-6-14-27)25(36)38-26(2,3)4/h7,9-12,15-17,22-23H,6,8,13-14H2,1-5H3,(H,34,35)/t16-,17?,22+,23?/m1/s1. The fourth-order valence-corrected chi connectivity index (χ4v) is 5.41. The lowest BCUT2D eigenvalue weighted by atomic mass is 9.63. The van der Waals surface area contributed by atoms with Gasteiger partial charge in [0.2, 0.25) is 5.91 Å². The summed E-state index contributed by atoms with van der Waals surface area (Å²) in [5, 5.41) is 3.18. The second-order valence-electron chi connectivity index (χ2n) is 11.1. The third kappa shape index (κ3) is 6.75. The van der Waals surface area contributed by atoms with Crippen molar-refractivity contribution in [2.45, 2.75) is 71.3 Å². The van der Waals surface area contributed by atoms with E-state index in [1.807, 2.05) is 0 Å². The Balaban J connectivity index is 1.92. The normalized spacial score (nSPS) is 21.5. The number of methoxy groups -OCH3 is 1. The van der Waals surface area contributed by atoms with Crippen molar-refractivity contribution in [2.75, 3.05) is 12.4 Å². The van der Waals surface area contributed by atoms with E-state index in [-0.39, 0.29) is 23.1 Å². The lowest BCUT2D eigenvalue weighted by Gasteiger charge is -2.45. The third-order valence-corrected chi connectivity index (χ3v) is 7.86. The minimum absolute atomic E-state index is 0.141. The van der Waals surface area contributed by atoms with Gasteiger partial charge in [-0.05, 0) is 69.7 Å². The summed E-state index contributed by atoms with van der Waals surface area (Å²) in [7, 11) is 1.48. The van der Waals surface area contributed by atoms with Crippen molar-refractivity contribution >= 4 is 40.8 Å². The number of hydrogen-bond donors (Lipinski definition) is 1. The number of allylic oxidation sites excluding steroid dienone is 4. The van der Waals surface area contributed by atoms with Gasteiger partial charge >= 0.3 is 12.1 Å². The molecule has 1 fully saturated rings. The van der Waals surface area contributed by atoms with E-state index >= 15 is 0 Å². The summed E-state index contributed by atoms with van der Waals surface area (Å²) < 4.78 is 52.8. The molecule has 1 saturated carbocycles. The second-order valence-corrected chi connectivity index (χ2v) is 11.9. The van der Waals surface area contributed by atoms with Crippen molar-refractivity contribution in [1.82, 2.24) is 0 Å². The molecule has 5 nitrogen and oxygen atoms in total. The van der Waals surface area contributed by atoms with Crippen molar-refractivity contribution in [2.24, 2.45) is 23.2 Å². The van der Waals surface area contributed by atoms with Crippen LogP contribution in [0.25, 0.3) is 0 Å². The fourth-order valence-electron chi connectivity index (χ4n) is 5.08. The Morgan fingerprint density at radius 3 is 2.29 bits per heavy atom. The summed E-state index contributed by atoms with van der Waals surface area (Å²) in [6.07, 6.45) is 1.49. The number of ether oxygens (including phenoxy) is 2. The molecule has 0 spiro atoms. The molecule has 0 aromatic heterocycles. The number of carbonyl (C=O) groups excluding carboxylic acids is 2. The van der Waals surface area contributed by atoms with Gasteiger partial charge < -0.3 is 14.8 Å². The van der Waals surface area contributed by atoms with E-state index in [1.165, 1.54) is 25.3 Å². The molecule has 2 aliphatic carbocycles. The Morgan fingerprint density at radius 2 is 1.82 bits per heavy atom. The molecule has 1 N–H and O–H groups in total. The van der Waals surface area contributed by atoms with Gasteiger partial charge in [-0.2, -0.15) is 13.2 Å². The highest BCUT2D eigenvalue weighted by atomic mass is 35.5. The summed E-state index contributed by atoms with van der Waals surface area (Å²) in [5.41, 5.74) is -0.898. The number of amides is 1. The molecule has 210 valence electrons. The Kier molecular flexibility index (Phi) is 9.32. The average molecular weight is 576 g/mol. The molecule has 10 heteroatoms. The number of benzene rings is 1. The molecule has 0 bridgehead atoms. The number of alkyl halides is 3. The highest BCUT2D eigenvalue weighted by molar-refractivity contribution is 6.33. The summed E-state index contributed by atoms with van der Waals surface area (Å²) in [6.45, 7) is 6.37. The van der Waals surface area contributed by atoms with Gasteiger partial charge in [0.05, 0.1) is 34.1 Å². The van der Waals surface area contributed by atoms with Crippen LogP contribution in [0, 0.1) is 23.2 Å². The molecule has 1 amide bonds. The third-order valence-electron chi connectivity index (χ3n) is 7.25. The minimum atomic E-state index is -4.59. The van der Waals surface area contributed by atoms with E-state index < -0.39 is 47.0 Å². The first kappa shape index (κ1) is 30.5. The van der Waals surface area contributed by atoms with E-state index in [1.54, 1.807) is 39.0 Å². The number of halogens is 5. The predicted octanol–water partition coefficient (Wildman–Crippen LogP) is 7.99. The van der Waals surface area contributed by atoms with Gasteiger partial charge in [-0.15, -0.1) is 0 Å². The van der Waals surface area contributed by atoms with Crippen molar-refractivity contribution in [3.8, 4) is 0 Å². The smallest absolute Gasteiger partial charge is 0.392 e. The molecule has 2 aliphatic rings. The number of rotatable bonds is 8. The maximum atomic E-state index is 13.8. The van der Waals surface area contributed by atoms with E-state index in [2.05, 4.69) is 5.32 Å². The lowest BCUT2D eigenvalue weighted by molar-refractivity contribution is -0.188. The van der Waals surface area contributed by atoms with Crippen LogP contribution in [-0.4, -0.2) is 30.8 Å². The van der Waals surface area contributed by atoms with Crippen LogP contribution in [0.2, 0.25) is 5.02 Å². The van der Waals surface area contributed by atoms with Gasteiger partial charge in [0, 0.05) is 12.1 Å². The van der Waals surface area contributed by atoms with E-state index in [0.29, 0.717) is 23.4 Å². The summed E-state index contributed by atoms with van der Waals surface area (Å²) in [4.78, 5) is 26.5. The molecule has 1 aromatic rings. The molecule has 0 heterocycles. The van der Waals surface area contributed by atoms with Crippen molar-refractivity contribution in [3.63, 3.8) is 0 Å². The molecular formula is C28H34Cl2F3NO4. The number of hydrogen-bond acceptors (Lipinski definition) is 4. The van der Waals surface area contributed by atoms with Crippen LogP contribution in [0.5, 0.6) is 0 Å². The summed E-state index contributed by atoms with van der Waals surface area (Å²) in [5.74, 6) is -5.22. The molecule has 2 unspecified atom stereocenters. The highest BCUT2D eigenvalue weighted by Gasteiger charge is 2.54. The zero-order chi connectivity index (χ0) is 28.5. The Hall–Kier alpha value is -2.03. The molecular weight excluding hydrogens is 542 g/mol. The van der Waals surface area contributed by atoms with Gasteiger partial charge in [0.15, 0.2) is 0 Å². The minimum Gasteiger partial charge on any atom is -0.459 e. The Bertz CT molecular complexity index is 1110. The SMILES string of the molecule is COC(c1ccc(Cl)c(NC(=O)[C@H](C2C=CC(Cl)=CC2)[C@@H](C)C(F)(F)F)c1)C1(C(=O)OC(C)(C)C)CCC1. The summed E-state index contributed by atoms with van der Waals surface area (Å²) in [6, 6.07) is 4.77.